The van der Waals surface area contributed by atoms with Crippen LogP contribution in [0.4, 0.5) is 4.39 Å². The van der Waals surface area contributed by atoms with E-state index in [1.54, 1.807) is 18.2 Å². The molecule has 1 aliphatic carbocycles. The van der Waals surface area contributed by atoms with Gasteiger partial charge in [0.25, 0.3) is 5.91 Å². The van der Waals surface area contributed by atoms with Crippen LogP contribution in [0.3, 0.4) is 0 Å². The first kappa shape index (κ1) is 21.5. The van der Waals surface area contributed by atoms with E-state index in [9.17, 15) is 19.2 Å². The second kappa shape index (κ2) is 9.06. The summed E-state index contributed by atoms with van der Waals surface area (Å²) in [6.45, 7) is 0. The minimum atomic E-state index is -0.891. The highest BCUT2D eigenvalue weighted by Gasteiger charge is 2.36. The summed E-state index contributed by atoms with van der Waals surface area (Å²) in [6, 6.07) is 12.9. The molecule has 7 heteroatoms. The van der Waals surface area contributed by atoms with Crippen molar-refractivity contribution in [3.05, 3.63) is 59.4 Å². The van der Waals surface area contributed by atoms with Crippen LogP contribution in [0.25, 0.3) is 11.1 Å². The minimum Gasteiger partial charge on any atom is -0.366 e. The summed E-state index contributed by atoms with van der Waals surface area (Å²) in [7, 11) is 0. The molecule has 0 saturated heterocycles. The number of halogens is 1. The fraction of sp³-hybridized carbons (Fsp3) is 0.348. The molecule has 30 heavy (non-hydrogen) atoms. The zero-order valence-electron chi connectivity index (χ0n) is 16.7. The molecular weight excluding hydrogens is 383 g/mol. The molecule has 1 unspecified atom stereocenters. The molecule has 1 atom stereocenters. The molecule has 2 amide bonds. The van der Waals surface area contributed by atoms with Gasteiger partial charge in [-0.15, -0.1) is 0 Å². The van der Waals surface area contributed by atoms with Crippen molar-refractivity contribution in [3.63, 3.8) is 0 Å². The average molecular weight is 408 g/mol. The lowest BCUT2D eigenvalue weighted by molar-refractivity contribution is -0.127. The Bertz CT molecular complexity index is 976. The van der Waals surface area contributed by atoms with E-state index in [0.29, 0.717) is 24.8 Å². The Morgan fingerprint density at radius 1 is 1.10 bits per heavy atom. The van der Waals surface area contributed by atoms with Gasteiger partial charge in [-0.05, 0) is 41.7 Å². The van der Waals surface area contributed by atoms with Gasteiger partial charge < -0.3 is 16.8 Å². The first-order valence-corrected chi connectivity index (χ1v) is 10.0. The van der Waals surface area contributed by atoms with Crippen molar-refractivity contribution in [2.45, 2.75) is 50.1 Å². The summed E-state index contributed by atoms with van der Waals surface area (Å²) < 4.78 is 14.0. The van der Waals surface area contributed by atoms with Crippen LogP contribution in [0, 0.1) is 17.1 Å². The number of hydrogen-bond acceptors (Lipinski definition) is 4. The third-order valence-corrected chi connectivity index (χ3v) is 5.62. The van der Waals surface area contributed by atoms with Crippen molar-refractivity contribution in [2.75, 3.05) is 0 Å². The number of nitrogens with one attached hydrogen (secondary N) is 1. The summed E-state index contributed by atoms with van der Waals surface area (Å²) in [6.07, 6.45) is 4.53. The van der Waals surface area contributed by atoms with E-state index in [0.717, 1.165) is 30.4 Å². The molecule has 6 nitrogen and oxygen atoms in total. The number of nitrogens with two attached hydrogens (primary N) is 2. The molecule has 2 aromatic carbocycles. The molecule has 0 heterocycles. The molecule has 156 valence electrons. The number of primary amides is 1. The first-order valence-electron chi connectivity index (χ1n) is 10.0. The molecule has 3 rings (SSSR count). The third-order valence-electron chi connectivity index (χ3n) is 5.62. The maximum absolute atomic E-state index is 14.0. The van der Waals surface area contributed by atoms with Gasteiger partial charge >= 0.3 is 0 Å². The average Bonchev–Trinajstić information content (AvgIpc) is 2.74. The first-order chi connectivity index (χ1) is 14.3. The molecule has 1 aliphatic rings. The van der Waals surface area contributed by atoms with Gasteiger partial charge in [0.2, 0.25) is 5.91 Å². The second-order valence-electron chi connectivity index (χ2n) is 7.83. The van der Waals surface area contributed by atoms with Gasteiger partial charge in [0.05, 0.1) is 17.2 Å². The molecule has 1 saturated carbocycles. The number of carbonyl (C=O) groups excluding carboxylic acids is 2. The molecule has 0 bridgehead atoms. The Labute approximate surface area is 175 Å². The smallest absolute Gasteiger partial charge is 0.251 e. The Morgan fingerprint density at radius 3 is 2.30 bits per heavy atom. The lowest BCUT2D eigenvalue weighted by Gasteiger charge is -2.32. The maximum Gasteiger partial charge on any atom is 0.251 e. The monoisotopic (exact) mass is 408 g/mol. The number of nitrogens with zero attached hydrogens (tertiary/aromatic N) is 1. The lowest BCUT2D eigenvalue weighted by Crippen LogP contribution is -2.57. The molecule has 0 radical (unpaired) electrons. The Morgan fingerprint density at radius 2 is 1.73 bits per heavy atom. The SMILES string of the molecule is N#CC(Cc1ccc(-c2ccc(C(N)=O)c(F)c2)cc1)NC(=O)C1(N)CCCCC1. The van der Waals surface area contributed by atoms with Crippen LogP contribution in [0.15, 0.2) is 42.5 Å². The summed E-state index contributed by atoms with van der Waals surface area (Å²) in [5.41, 5.74) is 12.6. The molecule has 1 fully saturated rings. The Hall–Kier alpha value is -3.24. The second-order valence-corrected chi connectivity index (χ2v) is 7.83. The van der Waals surface area contributed by atoms with Gasteiger partial charge in [-0.25, -0.2) is 4.39 Å². The summed E-state index contributed by atoms with van der Waals surface area (Å²) >= 11 is 0. The van der Waals surface area contributed by atoms with Crippen LogP contribution in [0.1, 0.15) is 48.0 Å². The highest BCUT2D eigenvalue weighted by molar-refractivity contribution is 5.93. The van der Waals surface area contributed by atoms with Gasteiger partial charge in [-0.1, -0.05) is 49.6 Å². The molecule has 5 N–H and O–H groups in total. The summed E-state index contributed by atoms with van der Waals surface area (Å²) in [4.78, 5) is 23.7. The van der Waals surface area contributed by atoms with Crippen LogP contribution in [0.2, 0.25) is 0 Å². The predicted molar refractivity (Wildman–Crippen MR) is 112 cm³/mol. The van der Waals surface area contributed by atoms with Gasteiger partial charge in [-0.2, -0.15) is 5.26 Å². The molecular formula is C23H25FN4O2. The van der Waals surface area contributed by atoms with E-state index in [4.69, 9.17) is 11.5 Å². The quantitative estimate of drug-likeness (QED) is 0.680. The summed E-state index contributed by atoms with van der Waals surface area (Å²) in [5.74, 6) is -1.75. The molecule has 2 aromatic rings. The van der Waals surface area contributed by atoms with Crippen LogP contribution in [-0.2, 0) is 11.2 Å². The molecule has 0 spiro atoms. The molecule has 0 aliphatic heterocycles. The predicted octanol–water partition coefficient (Wildman–Crippen LogP) is 2.80. The van der Waals surface area contributed by atoms with E-state index in [-0.39, 0.29) is 11.5 Å². The van der Waals surface area contributed by atoms with Crippen molar-refractivity contribution >= 4 is 11.8 Å². The highest BCUT2D eigenvalue weighted by atomic mass is 19.1. The number of hydrogen-bond donors (Lipinski definition) is 3. The number of carbonyl (C=O) groups is 2. The maximum atomic E-state index is 14.0. The lowest BCUT2D eigenvalue weighted by atomic mass is 9.81. The largest absolute Gasteiger partial charge is 0.366 e. The van der Waals surface area contributed by atoms with Crippen molar-refractivity contribution in [1.82, 2.24) is 5.32 Å². The Kier molecular flexibility index (Phi) is 6.48. The van der Waals surface area contributed by atoms with Crippen molar-refractivity contribution < 1.29 is 14.0 Å². The van der Waals surface area contributed by atoms with Gasteiger partial charge in [0.1, 0.15) is 11.9 Å². The van der Waals surface area contributed by atoms with Crippen LogP contribution in [-0.4, -0.2) is 23.4 Å². The molecule has 0 aromatic heterocycles. The van der Waals surface area contributed by atoms with Crippen LogP contribution >= 0.6 is 0 Å². The van der Waals surface area contributed by atoms with Gasteiger partial charge in [0.15, 0.2) is 0 Å². The fourth-order valence-electron chi connectivity index (χ4n) is 3.80. The van der Waals surface area contributed by atoms with Gasteiger partial charge in [0, 0.05) is 6.42 Å². The van der Waals surface area contributed by atoms with Crippen LogP contribution in [0.5, 0.6) is 0 Å². The van der Waals surface area contributed by atoms with E-state index in [1.807, 2.05) is 12.1 Å². The topological polar surface area (TPSA) is 122 Å². The zero-order valence-corrected chi connectivity index (χ0v) is 16.7. The van der Waals surface area contributed by atoms with Crippen molar-refractivity contribution in [2.24, 2.45) is 11.5 Å². The van der Waals surface area contributed by atoms with Gasteiger partial charge in [-0.3, -0.25) is 9.59 Å². The number of rotatable bonds is 6. The number of nitriles is 1. The fourth-order valence-corrected chi connectivity index (χ4v) is 3.80. The standard InChI is InChI=1S/C23H25FN4O2/c24-20-13-17(8-9-19(20)21(26)29)16-6-4-15(5-7-16)12-18(14-25)28-22(30)23(27)10-2-1-3-11-23/h4-9,13,18H,1-3,10-12,27H2,(H2,26,29)(H,28,30). The summed E-state index contributed by atoms with van der Waals surface area (Å²) in [5, 5.41) is 12.2. The van der Waals surface area contributed by atoms with Crippen LogP contribution < -0.4 is 16.8 Å². The van der Waals surface area contributed by atoms with E-state index in [1.165, 1.54) is 12.1 Å². The van der Waals surface area contributed by atoms with E-state index in [2.05, 4.69) is 11.4 Å². The third kappa shape index (κ3) is 4.84. The van der Waals surface area contributed by atoms with Crippen molar-refractivity contribution in [1.29, 1.82) is 5.26 Å². The van der Waals surface area contributed by atoms with Crippen molar-refractivity contribution in [3.8, 4) is 17.2 Å². The van der Waals surface area contributed by atoms with E-state index < -0.39 is 23.3 Å². The number of amides is 2. The minimum absolute atomic E-state index is 0.154. The Balaban J connectivity index is 1.67. The normalized spacial score (nSPS) is 16.3. The zero-order chi connectivity index (χ0) is 21.7. The highest BCUT2D eigenvalue weighted by Crippen LogP contribution is 2.26. The van der Waals surface area contributed by atoms with E-state index >= 15 is 0 Å². The number of benzene rings is 2.